The molecule has 90 valence electrons. The van der Waals surface area contributed by atoms with Gasteiger partial charge in [0.25, 0.3) is 0 Å². The minimum Gasteiger partial charge on any atom is -0.343 e. The Morgan fingerprint density at radius 3 is 2.94 bits per heavy atom. The van der Waals surface area contributed by atoms with Gasteiger partial charge in [-0.1, -0.05) is 12.1 Å². The molecule has 0 radical (unpaired) electrons. The van der Waals surface area contributed by atoms with Crippen molar-refractivity contribution in [3.63, 3.8) is 0 Å². The molecule has 0 aliphatic carbocycles. The number of aromatic nitrogens is 2. The van der Waals surface area contributed by atoms with Crippen LogP contribution in [0.4, 0.5) is 0 Å². The van der Waals surface area contributed by atoms with Crippen LogP contribution in [-0.2, 0) is 6.42 Å². The molecule has 1 fully saturated rings. The Kier molecular flexibility index (Phi) is 4.30. The van der Waals surface area contributed by atoms with Crippen LogP contribution in [0.5, 0.6) is 0 Å². The summed E-state index contributed by atoms with van der Waals surface area (Å²) in [5.41, 5.74) is 0. The van der Waals surface area contributed by atoms with Crippen LogP contribution in [0.15, 0.2) is 10.9 Å². The van der Waals surface area contributed by atoms with Crippen molar-refractivity contribution in [3.05, 3.63) is 12.2 Å². The zero-order valence-corrected chi connectivity index (χ0v) is 9.85. The summed E-state index contributed by atoms with van der Waals surface area (Å²) in [5, 5.41) is 7.33. The van der Waals surface area contributed by atoms with Gasteiger partial charge < -0.3 is 14.7 Å². The van der Waals surface area contributed by atoms with Crippen LogP contribution in [0.25, 0.3) is 0 Å². The standard InChI is InChI=1S/C11H20N4O/c1-2-12-10-3-6-15(7-4-10)8-5-11-13-9-16-14-11/h9-10,12H,2-8H2,1H3. The lowest BCUT2D eigenvalue weighted by Crippen LogP contribution is -2.43. The lowest BCUT2D eigenvalue weighted by molar-refractivity contribution is 0.199. The lowest BCUT2D eigenvalue weighted by atomic mass is 10.0. The molecule has 0 amide bonds. The van der Waals surface area contributed by atoms with E-state index in [4.69, 9.17) is 4.52 Å². The van der Waals surface area contributed by atoms with Crippen LogP contribution in [-0.4, -0.2) is 47.3 Å². The Bertz CT molecular complexity index is 280. The Balaban J connectivity index is 1.65. The van der Waals surface area contributed by atoms with E-state index in [1.807, 2.05) is 0 Å². The summed E-state index contributed by atoms with van der Waals surface area (Å²) >= 11 is 0. The molecule has 0 bridgehead atoms. The summed E-state index contributed by atoms with van der Waals surface area (Å²) in [7, 11) is 0. The fraction of sp³-hybridized carbons (Fsp3) is 0.818. The lowest BCUT2D eigenvalue weighted by Gasteiger charge is -2.31. The average Bonchev–Trinajstić information content (AvgIpc) is 2.82. The van der Waals surface area contributed by atoms with Crippen molar-refractivity contribution in [3.8, 4) is 0 Å². The van der Waals surface area contributed by atoms with Crippen LogP contribution in [0.3, 0.4) is 0 Å². The van der Waals surface area contributed by atoms with Gasteiger partial charge in [0.15, 0.2) is 5.82 Å². The molecule has 0 spiro atoms. The first-order valence-corrected chi connectivity index (χ1v) is 6.09. The van der Waals surface area contributed by atoms with Crippen molar-refractivity contribution in [2.24, 2.45) is 0 Å². The third-order valence-corrected chi connectivity index (χ3v) is 3.14. The van der Waals surface area contributed by atoms with Crippen molar-refractivity contribution in [1.82, 2.24) is 20.4 Å². The first-order chi connectivity index (χ1) is 7.88. The second-order valence-electron chi connectivity index (χ2n) is 4.27. The van der Waals surface area contributed by atoms with Gasteiger partial charge in [-0.25, -0.2) is 0 Å². The highest BCUT2D eigenvalue weighted by molar-refractivity contribution is 4.82. The molecule has 1 aliphatic rings. The van der Waals surface area contributed by atoms with Crippen LogP contribution in [0, 0.1) is 0 Å². The Morgan fingerprint density at radius 2 is 2.31 bits per heavy atom. The molecule has 0 saturated carbocycles. The summed E-state index contributed by atoms with van der Waals surface area (Å²) in [6, 6.07) is 0.714. The highest BCUT2D eigenvalue weighted by Crippen LogP contribution is 2.10. The topological polar surface area (TPSA) is 54.2 Å². The molecule has 16 heavy (non-hydrogen) atoms. The number of piperidine rings is 1. The summed E-state index contributed by atoms with van der Waals surface area (Å²) in [5.74, 6) is 0.814. The number of likely N-dealkylation sites (tertiary alicyclic amines) is 1. The molecule has 1 N–H and O–H groups in total. The fourth-order valence-electron chi connectivity index (χ4n) is 2.21. The zero-order chi connectivity index (χ0) is 11.2. The predicted octanol–water partition coefficient (Wildman–Crippen LogP) is 0.686. The molecule has 0 unspecified atom stereocenters. The molecule has 5 nitrogen and oxygen atoms in total. The van der Waals surface area contributed by atoms with E-state index >= 15 is 0 Å². The van der Waals surface area contributed by atoms with Gasteiger partial charge >= 0.3 is 0 Å². The molecule has 1 aromatic heterocycles. The first kappa shape index (κ1) is 11.5. The minimum absolute atomic E-state index is 0.714. The largest absolute Gasteiger partial charge is 0.343 e. The molecule has 1 saturated heterocycles. The van der Waals surface area contributed by atoms with Crippen molar-refractivity contribution in [1.29, 1.82) is 0 Å². The smallest absolute Gasteiger partial charge is 0.213 e. The van der Waals surface area contributed by atoms with Crippen LogP contribution in [0.1, 0.15) is 25.6 Å². The third kappa shape index (κ3) is 3.28. The summed E-state index contributed by atoms with van der Waals surface area (Å²) < 4.78 is 4.71. The Morgan fingerprint density at radius 1 is 1.50 bits per heavy atom. The maximum atomic E-state index is 4.71. The van der Waals surface area contributed by atoms with Crippen LogP contribution in [0.2, 0.25) is 0 Å². The van der Waals surface area contributed by atoms with Crippen molar-refractivity contribution < 1.29 is 4.52 Å². The van der Waals surface area contributed by atoms with Gasteiger partial charge in [-0.2, -0.15) is 4.98 Å². The monoisotopic (exact) mass is 224 g/mol. The van der Waals surface area contributed by atoms with Gasteiger partial charge in [0, 0.05) is 19.0 Å². The maximum Gasteiger partial charge on any atom is 0.213 e. The SMILES string of the molecule is CCNC1CCN(CCc2ncon2)CC1. The number of hydrogen-bond donors (Lipinski definition) is 1. The van der Waals surface area contributed by atoms with E-state index in [0.29, 0.717) is 6.04 Å². The molecule has 1 aromatic rings. The third-order valence-electron chi connectivity index (χ3n) is 3.14. The number of rotatable bonds is 5. The van der Waals surface area contributed by atoms with E-state index in [-0.39, 0.29) is 0 Å². The molecule has 1 aliphatic heterocycles. The van der Waals surface area contributed by atoms with Crippen LogP contribution >= 0.6 is 0 Å². The molecule has 0 atom stereocenters. The molecular formula is C11H20N4O. The van der Waals surface area contributed by atoms with Crippen molar-refractivity contribution >= 4 is 0 Å². The van der Waals surface area contributed by atoms with Gasteiger partial charge in [0.2, 0.25) is 6.39 Å². The molecule has 5 heteroatoms. The summed E-state index contributed by atoms with van der Waals surface area (Å²) in [6.45, 7) is 6.64. The van der Waals surface area contributed by atoms with Gasteiger partial charge in [-0.05, 0) is 32.5 Å². The molecular weight excluding hydrogens is 204 g/mol. The Hall–Kier alpha value is -0.940. The predicted molar refractivity (Wildman–Crippen MR) is 61.1 cm³/mol. The van der Waals surface area contributed by atoms with E-state index in [1.54, 1.807) is 0 Å². The van der Waals surface area contributed by atoms with Gasteiger partial charge in [-0.15, -0.1) is 0 Å². The second kappa shape index (κ2) is 5.96. The average molecular weight is 224 g/mol. The van der Waals surface area contributed by atoms with E-state index < -0.39 is 0 Å². The summed E-state index contributed by atoms with van der Waals surface area (Å²) in [6.07, 6.45) is 4.79. The number of hydrogen-bond acceptors (Lipinski definition) is 5. The maximum absolute atomic E-state index is 4.71. The Labute approximate surface area is 96.2 Å². The highest BCUT2D eigenvalue weighted by Gasteiger charge is 2.18. The van der Waals surface area contributed by atoms with E-state index in [1.165, 1.54) is 32.3 Å². The van der Waals surface area contributed by atoms with Crippen molar-refractivity contribution in [2.45, 2.75) is 32.2 Å². The van der Waals surface area contributed by atoms with E-state index in [0.717, 1.165) is 25.3 Å². The quantitative estimate of drug-likeness (QED) is 0.797. The van der Waals surface area contributed by atoms with Gasteiger partial charge in [0.05, 0.1) is 0 Å². The molecule has 0 aromatic carbocycles. The normalized spacial score (nSPS) is 19.1. The van der Waals surface area contributed by atoms with Gasteiger partial charge in [-0.3, -0.25) is 0 Å². The molecule has 2 rings (SSSR count). The highest BCUT2D eigenvalue weighted by atomic mass is 16.5. The van der Waals surface area contributed by atoms with Crippen molar-refractivity contribution in [2.75, 3.05) is 26.2 Å². The summed E-state index contributed by atoms with van der Waals surface area (Å²) in [4.78, 5) is 6.50. The zero-order valence-electron chi connectivity index (χ0n) is 9.85. The number of nitrogens with one attached hydrogen (secondary N) is 1. The van der Waals surface area contributed by atoms with E-state index in [9.17, 15) is 0 Å². The van der Waals surface area contributed by atoms with E-state index in [2.05, 4.69) is 27.3 Å². The number of nitrogens with zero attached hydrogens (tertiary/aromatic N) is 3. The minimum atomic E-state index is 0.714. The first-order valence-electron chi connectivity index (χ1n) is 6.09. The van der Waals surface area contributed by atoms with Crippen LogP contribution < -0.4 is 5.32 Å². The second-order valence-corrected chi connectivity index (χ2v) is 4.27. The van der Waals surface area contributed by atoms with Gasteiger partial charge in [0.1, 0.15) is 0 Å². The molecule has 2 heterocycles. The fourth-order valence-corrected chi connectivity index (χ4v) is 2.21.